The highest BCUT2D eigenvalue weighted by atomic mass is 15.1. The van der Waals surface area contributed by atoms with E-state index in [4.69, 9.17) is 6.42 Å². The third kappa shape index (κ3) is 2.87. The first-order valence-electron chi connectivity index (χ1n) is 5.90. The molecular weight excluding hydrogens is 206 g/mol. The van der Waals surface area contributed by atoms with Gasteiger partial charge in [0.2, 0.25) is 0 Å². The lowest BCUT2D eigenvalue weighted by Gasteiger charge is -2.16. The van der Waals surface area contributed by atoms with Crippen LogP contribution in [0, 0.1) is 12.3 Å². The third-order valence-electron chi connectivity index (χ3n) is 2.96. The molecule has 0 unspecified atom stereocenters. The smallest absolute Gasteiger partial charge is 0.0237 e. The summed E-state index contributed by atoms with van der Waals surface area (Å²) in [5.74, 6) is 2.68. The Morgan fingerprint density at radius 1 is 1.12 bits per heavy atom. The molecule has 0 radical (unpaired) electrons. The quantitative estimate of drug-likeness (QED) is 0.719. The molecule has 0 aliphatic carbocycles. The summed E-state index contributed by atoms with van der Waals surface area (Å²) in [6.07, 6.45) is 6.09. The summed E-state index contributed by atoms with van der Waals surface area (Å²) < 4.78 is 0. The van der Waals surface area contributed by atoms with Crippen molar-refractivity contribution in [3.05, 3.63) is 48.0 Å². The lowest BCUT2D eigenvalue weighted by molar-refractivity contribution is 0.337. The highest BCUT2D eigenvalue weighted by molar-refractivity contribution is 5.85. The van der Waals surface area contributed by atoms with Crippen LogP contribution in [-0.4, -0.2) is 18.5 Å². The molecule has 0 aromatic heterocycles. The van der Waals surface area contributed by atoms with Crippen molar-refractivity contribution in [3.63, 3.8) is 0 Å². The average Bonchev–Trinajstić information content (AvgIpc) is 2.37. The Morgan fingerprint density at radius 2 is 1.88 bits per heavy atom. The molecule has 0 fully saturated rings. The van der Waals surface area contributed by atoms with Crippen LogP contribution in [0.1, 0.15) is 12.0 Å². The van der Waals surface area contributed by atoms with Crippen molar-refractivity contribution < 1.29 is 0 Å². The number of hydrogen-bond donors (Lipinski definition) is 0. The maximum absolute atomic E-state index is 5.28. The van der Waals surface area contributed by atoms with E-state index in [9.17, 15) is 0 Å². The fraction of sp³-hybridized carbons (Fsp3) is 0.250. The summed E-state index contributed by atoms with van der Waals surface area (Å²) in [5, 5.41) is 2.64. The predicted molar refractivity (Wildman–Crippen MR) is 73.7 cm³/mol. The van der Waals surface area contributed by atoms with Crippen LogP contribution in [0.2, 0.25) is 0 Å². The summed E-state index contributed by atoms with van der Waals surface area (Å²) >= 11 is 0. The molecule has 1 heteroatoms. The van der Waals surface area contributed by atoms with Gasteiger partial charge in [-0.05, 0) is 23.4 Å². The fourth-order valence-corrected chi connectivity index (χ4v) is 2.06. The van der Waals surface area contributed by atoms with Gasteiger partial charge in [-0.15, -0.1) is 12.3 Å². The Kier molecular flexibility index (Phi) is 3.80. The number of hydrogen-bond acceptors (Lipinski definition) is 1. The zero-order valence-corrected chi connectivity index (χ0v) is 10.2. The van der Waals surface area contributed by atoms with Gasteiger partial charge in [0.05, 0.1) is 0 Å². The first-order chi connectivity index (χ1) is 8.31. The number of nitrogens with zero attached hydrogens (tertiary/aromatic N) is 1. The second-order valence-corrected chi connectivity index (χ2v) is 4.33. The lowest BCUT2D eigenvalue weighted by atomic mass is 10.0. The van der Waals surface area contributed by atoms with Crippen LogP contribution in [0.15, 0.2) is 42.5 Å². The summed E-state index contributed by atoms with van der Waals surface area (Å²) in [4.78, 5) is 2.27. The van der Waals surface area contributed by atoms with Gasteiger partial charge in [0, 0.05) is 19.5 Å². The molecule has 0 atom stereocenters. The van der Waals surface area contributed by atoms with Crippen molar-refractivity contribution in [1.29, 1.82) is 0 Å². The van der Waals surface area contributed by atoms with Crippen molar-refractivity contribution in [2.24, 2.45) is 0 Å². The normalized spacial score (nSPS) is 10.6. The number of terminal acetylenes is 1. The minimum Gasteiger partial charge on any atom is -0.301 e. The number of fused-ring (bicyclic) bond motifs is 1. The van der Waals surface area contributed by atoms with Gasteiger partial charge in [-0.1, -0.05) is 42.5 Å². The van der Waals surface area contributed by atoms with E-state index in [1.54, 1.807) is 0 Å². The summed E-state index contributed by atoms with van der Waals surface area (Å²) in [5.41, 5.74) is 1.36. The largest absolute Gasteiger partial charge is 0.301 e. The van der Waals surface area contributed by atoms with Gasteiger partial charge in [0.15, 0.2) is 0 Å². The SMILES string of the molecule is C#CCCN(C)Cc1cccc2ccccc12. The Labute approximate surface area is 103 Å². The van der Waals surface area contributed by atoms with Crippen LogP contribution in [0.3, 0.4) is 0 Å². The lowest BCUT2D eigenvalue weighted by Crippen LogP contribution is -2.18. The molecule has 0 amide bonds. The van der Waals surface area contributed by atoms with Crippen LogP contribution in [0.25, 0.3) is 10.8 Å². The Morgan fingerprint density at radius 3 is 2.71 bits per heavy atom. The van der Waals surface area contributed by atoms with E-state index in [-0.39, 0.29) is 0 Å². The first kappa shape index (κ1) is 11.7. The van der Waals surface area contributed by atoms with Crippen LogP contribution in [0.4, 0.5) is 0 Å². The van der Waals surface area contributed by atoms with Gasteiger partial charge in [0.25, 0.3) is 0 Å². The van der Waals surface area contributed by atoms with E-state index in [2.05, 4.69) is 60.3 Å². The molecule has 0 N–H and O–H groups in total. The molecule has 0 saturated carbocycles. The number of rotatable bonds is 4. The van der Waals surface area contributed by atoms with Crippen molar-refractivity contribution in [3.8, 4) is 12.3 Å². The second-order valence-electron chi connectivity index (χ2n) is 4.33. The van der Waals surface area contributed by atoms with Crippen LogP contribution >= 0.6 is 0 Å². The molecule has 0 spiro atoms. The van der Waals surface area contributed by atoms with Gasteiger partial charge >= 0.3 is 0 Å². The molecule has 0 bridgehead atoms. The van der Waals surface area contributed by atoms with Crippen molar-refractivity contribution in [2.45, 2.75) is 13.0 Å². The topological polar surface area (TPSA) is 3.24 Å². The molecule has 0 aliphatic rings. The second kappa shape index (κ2) is 5.52. The molecule has 2 aromatic rings. The van der Waals surface area contributed by atoms with Gasteiger partial charge in [-0.2, -0.15) is 0 Å². The maximum atomic E-state index is 5.28. The summed E-state index contributed by atoms with van der Waals surface area (Å²) in [6.45, 7) is 1.89. The molecule has 0 saturated heterocycles. The Balaban J connectivity index is 2.21. The fourth-order valence-electron chi connectivity index (χ4n) is 2.06. The first-order valence-corrected chi connectivity index (χ1v) is 5.90. The maximum Gasteiger partial charge on any atom is 0.0237 e. The third-order valence-corrected chi connectivity index (χ3v) is 2.96. The van der Waals surface area contributed by atoms with E-state index in [0.29, 0.717) is 0 Å². The van der Waals surface area contributed by atoms with Gasteiger partial charge in [0.1, 0.15) is 0 Å². The highest BCUT2D eigenvalue weighted by Gasteiger charge is 2.03. The van der Waals surface area contributed by atoms with Crippen molar-refractivity contribution in [2.75, 3.05) is 13.6 Å². The Hall–Kier alpha value is -1.78. The molecule has 17 heavy (non-hydrogen) atoms. The molecule has 2 aromatic carbocycles. The van der Waals surface area contributed by atoms with Gasteiger partial charge in [-0.3, -0.25) is 0 Å². The average molecular weight is 223 g/mol. The molecular formula is C16H17N. The molecule has 2 rings (SSSR count). The monoisotopic (exact) mass is 223 g/mol. The van der Waals surface area contributed by atoms with E-state index in [1.807, 2.05) is 0 Å². The molecule has 0 heterocycles. The van der Waals surface area contributed by atoms with Crippen molar-refractivity contribution in [1.82, 2.24) is 4.90 Å². The Bertz CT molecular complexity index is 531. The molecule has 86 valence electrons. The van der Waals surface area contributed by atoms with E-state index in [1.165, 1.54) is 16.3 Å². The van der Waals surface area contributed by atoms with E-state index < -0.39 is 0 Å². The summed E-state index contributed by atoms with van der Waals surface area (Å²) in [7, 11) is 2.11. The predicted octanol–water partition coefficient (Wildman–Crippen LogP) is 3.29. The summed E-state index contributed by atoms with van der Waals surface area (Å²) in [6, 6.07) is 15.0. The van der Waals surface area contributed by atoms with Crippen LogP contribution < -0.4 is 0 Å². The zero-order valence-electron chi connectivity index (χ0n) is 10.2. The van der Waals surface area contributed by atoms with Gasteiger partial charge in [-0.25, -0.2) is 0 Å². The van der Waals surface area contributed by atoms with Crippen molar-refractivity contribution >= 4 is 10.8 Å². The zero-order chi connectivity index (χ0) is 12.1. The minimum absolute atomic E-state index is 0.807. The standard InChI is InChI=1S/C16H17N/c1-3-4-12-17(2)13-15-10-7-9-14-8-5-6-11-16(14)15/h1,5-11H,4,12-13H2,2H3. The van der Waals surface area contributed by atoms with Crippen LogP contribution in [-0.2, 0) is 6.54 Å². The highest BCUT2D eigenvalue weighted by Crippen LogP contribution is 2.19. The minimum atomic E-state index is 0.807. The van der Waals surface area contributed by atoms with E-state index in [0.717, 1.165) is 19.5 Å². The van der Waals surface area contributed by atoms with E-state index >= 15 is 0 Å². The van der Waals surface area contributed by atoms with Gasteiger partial charge < -0.3 is 4.90 Å². The molecule has 0 aliphatic heterocycles. The van der Waals surface area contributed by atoms with Crippen LogP contribution in [0.5, 0.6) is 0 Å². The number of benzene rings is 2. The molecule has 1 nitrogen and oxygen atoms in total.